The van der Waals surface area contributed by atoms with E-state index in [9.17, 15) is 9.59 Å². The Labute approximate surface area is 171 Å². The van der Waals surface area contributed by atoms with Crippen molar-refractivity contribution in [1.82, 2.24) is 19.2 Å². The molecule has 0 bridgehead atoms. The minimum absolute atomic E-state index is 0.0198. The number of halogens is 1. The van der Waals surface area contributed by atoms with Crippen molar-refractivity contribution in [1.29, 1.82) is 0 Å². The van der Waals surface area contributed by atoms with Crippen LogP contribution >= 0.6 is 11.6 Å². The Balaban J connectivity index is 1.69. The lowest BCUT2D eigenvalue weighted by molar-refractivity contribution is -0.116. The van der Waals surface area contributed by atoms with Gasteiger partial charge in [0, 0.05) is 28.0 Å². The average Bonchev–Trinajstić information content (AvgIpc) is 3.15. The van der Waals surface area contributed by atoms with Crippen molar-refractivity contribution in [3.63, 3.8) is 0 Å². The zero-order valence-corrected chi connectivity index (χ0v) is 16.6. The summed E-state index contributed by atoms with van der Waals surface area (Å²) in [6.45, 7) is 3.63. The molecule has 0 unspecified atom stereocenters. The van der Waals surface area contributed by atoms with E-state index in [1.54, 1.807) is 23.6 Å². The smallest absolute Gasteiger partial charge is 0.275 e. The Hall–Kier alpha value is -3.45. The van der Waals surface area contributed by atoms with E-state index < -0.39 is 0 Å². The van der Waals surface area contributed by atoms with Gasteiger partial charge in [-0.3, -0.25) is 9.59 Å². The molecule has 1 N–H and O–H groups in total. The number of carbonyl (C=O) groups excluding carboxylic acids is 1. The van der Waals surface area contributed by atoms with E-state index in [2.05, 4.69) is 15.4 Å². The minimum atomic E-state index is -0.297. The lowest BCUT2D eigenvalue weighted by Crippen LogP contribution is -2.25. The number of hydrogen-bond acceptors (Lipinski definition) is 4. The molecule has 0 fully saturated rings. The highest BCUT2D eigenvalue weighted by Crippen LogP contribution is 2.20. The SMILES string of the molecule is Cc1ccc(NC(=O)Cn2c(C)cc(=O)n3nc(-c4ccccc4)nc23)cc1Cl. The van der Waals surface area contributed by atoms with E-state index in [-0.39, 0.29) is 18.0 Å². The zero-order chi connectivity index (χ0) is 20.5. The maximum Gasteiger partial charge on any atom is 0.275 e. The molecule has 0 radical (unpaired) electrons. The van der Waals surface area contributed by atoms with E-state index >= 15 is 0 Å². The highest BCUT2D eigenvalue weighted by molar-refractivity contribution is 6.31. The van der Waals surface area contributed by atoms with Crippen molar-refractivity contribution in [3.8, 4) is 11.4 Å². The predicted molar refractivity (Wildman–Crippen MR) is 112 cm³/mol. The van der Waals surface area contributed by atoms with Gasteiger partial charge in [-0.25, -0.2) is 0 Å². The van der Waals surface area contributed by atoms with Crippen LogP contribution < -0.4 is 10.9 Å². The van der Waals surface area contributed by atoms with Crippen LogP contribution in [0.15, 0.2) is 59.4 Å². The first kappa shape index (κ1) is 18.9. The highest BCUT2D eigenvalue weighted by Gasteiger charge is 2.15. The van der Waals surface area contributed by atoms with Gasteiger partial charge >= 0.3 is 0 Å². The van der Waals surface area contributed by atoms with Crippen LogP contribution in [0, 0.1) is 13.8 Å². The van der Waals surface area contributed by atoms with Gasteiger partial charge in [0.1, 0.15) is 6.54 Å². The molecule has 7 nitrogen and oxygen atoms in total. The first-order chi connectivity index (χ1) is 13.9. The van der Waals surface area contributed by atoms with Crippen LogP contribution in [-0.2, 0) is 11.3 Å². The first-order valence-electron chi connectivity index (χ1n) is 9.01. The molecule has 0 spiro atoms. The Morgan fingerprint density at radius 1 is 1.10 bits per heavy atom. The number of rotatable bonds is 4. The van der Waals surface area contributed by atoms with E-state index in [0.29, 0.717) is 28.0 Å². The topological polar surface area (TPSA) is 81.3 Å². The van der Waals surface area contributed by atoms with Gasteiger partial charge in [0.15, 0.2) is 5.82 Å². The lowest BCUT2D eigenvalue weighted by Gasteiger charge is -2.12. The van der Waals surface area contributed by atoms with Crippen LogP contribution in [0.5, 0.6) is 0 Å². The van der Waals surface area contributed by atoms with Crippen LogP contribution in [0.3, 0.4) is 0 Å². The summed E-state index contributed by atoms with van der Waals surface area (Å²) < 4.78 is 2.87. The quantitative estimate of drug-likeness (QED) is 0.561. The van der Waals surface area contributed by atoms with Crippen molar-refractivity contribution in [2.45, 2.75) is 20.4 Å². The van der Waals surface area contributed by atoms with Gasteiger partial charge in [0.2, 0.25) is 11.7 Å². The fourth-order valence-electron chi connectivity index (χ4n) is 3.02. The summed E-state index contributed by atoms with van der Waals surface area (Å²) >= 11 is 6.13. The second kappa shape index (κ2) is 7.52. The molecule has 29 heavy (non-hydrogen) atoms. The molecule has 4 aromatic rings. The molecule has 8 heteroatoms. The maximum absolute atomic E-state index is 12.6. The van der Waals surface area contributed by atoms with Crippen LogP contribution in [0.25, 0.3) is 17.2 Å². The second-order valence-electron chi connectivity index (χ2n) is 6.74. The number of aromatic nitrogens is 4. The zero-order valence-electron chi connectivity index (χ0n) is 15.9. The minimum Gasteiger partial charge on any atom is -0.324 e. The van der Waals surface area contributed by atoms with E-state index in [4.69, 9.17) is 11.6 Å². The molecule has 0 saturated heterocycles. The largest absolute Gasteiger partial charge is 0.324 e. The number of anilines is 1. The van der Waals surface area contributed by atoms with Gasteiger partial charge in [0.05, 0.1) is 0 Å². The number of benzene rings is 2. The second-order valence-corrected chi connectivity index (χ2v) is 7.14. The van der Waals surface area contributed by atoms with Crippen LogP contribution in [0.1, 0.15) is 11.3 Å². The molecule has 146 valence electrons. The highest BCUT2D eigenvalue weighted by atomic mass is 35.5. The predicted octanol–water partition coefficient (Wildman–Crippen LogP) is 3.47. The molecule has 0 aliphatic heterocycles. The molecule has 2 heterocycles. The Bertz CT molecular complexity index is 1280. The Morgan fingerprint density at radius 3 is 2.59 bits per heavy atom. The molecular formula is C21H18ClN5O2. The summed E-state index contributed by atoms with van der Waals surface area (Å²) in [5, 5.41) is 7.72. The van der Waals surface area contributed by atoms with Gasteiger partial charge in [-0.1, -0.05) is 48.0 Å². The summed E-state index contributed by atoms with van der Waals surface area (Å²) in [4.78, 5) is 29.5. The van der Waals surface area contributed by atoms with Crippen LogP contribution in [0.2, 0.25) is 5.02 Å². The standard InChI is InChI=1S/C21H18ClN5O2/c1-13-8-9-16(11-17(13)22)23-18(28)12-26-14(2)10-19(29)27-21(26)24-20(25-27)15-6-4-3-5-7-15/h3-11H,12H2,1-2H3,(H,23,28). The van der Waals surface area contributed by atoms with Crippen molar-refractivity contribution in [3.05, 3.63) is 81.2 Å². The number of aryl methyl sites for hydroxylation is 2. The van der Waals surface area contributed by atoms with Gasteiger partial charge in [0.25, 0.3) is 5.56 Å². The Kier molecular flexibility index (Phi) is 4.90. The van der Waals surface area contributed by atoms with Crippen molar-refractivity contribution >= 4 is 29.0 Å². The number of carbonyl (C=O) groups is 1. The van der Waals surface area contributed by atoms with Gasteiger partial charge in [-0.2, -0.15) is 9.50 Å². The average molecular weight is 408 g/mol. The van der Waals surface area contributed by atoms with Crippen LogP contribution in [0.4, 0.5) is 5.69 Å². The molecule has 2 aromatic carbocycles. The summed E-state index contributed by atoms with van der Waals surface area (Å²) in [5.41, 5.74) is 2.64. The van der Waals surface area contributed by atoms with Gasteiger partial charge in [-0.05, 0) is 31.5 Å². The fourth-order valence-corrected chi connectivity index (χ4v) is 3.20. The van der Waals surface area contributed by atoms with Crippen LogP contribution in [-0.4, -0.2) is 25.1 Å². The molecule has 1 amide bonds. The molecule has 0 aliphatic rings. The van der Waals surface area contributed by atoms with Crippen molar-refractivity contribution in [2.75, 3.05) is 5.32 Å². The normalized spacial score (nSPS) is 11.0. The third-order valence-corrected chi connectivity index (χ3v) is 4.99. The summed E-state index contributed by atoms with van der Waals surface area (Å²) in [7, 11) is 0. The molecule has 0 aliphatic carbocycles. The van der Waals surface area contributed by atoms with E-state index in [1.807, 2.05) is 43.3 Å². The third-order valence-electron chi connectivity index (χ3n) is 4.59. The Morgan fingerprint density at radius 2 is 1.86 bits per heavy atom. The molecule has 0 atom stereocenters. The van der Waals surface area contributed by atoms with Crippen molar-refractivity contribution in [2.24, 2.45) is 0 Å². The molecule has 0 saturated carbocycles. The summed E-state index contributed by atoms with van der Waals surface area (Å²) in [5.74, 6) is 0.474. The molecule has 4 rings (SSSR count). The number of amides is 1. The fraction of sp³-hybridized carbons (Fsp3) is 0.143. The third kappa shape index (κ3) is 3.77. The summed E-state index contributed by atoms with van der Waals surface area (Å²) in [6, 6.07) is 16.1. The number of nitrogens with zero attached hydrogens (tertiary/aromatic N) is 4. The molecule has 2 aromatic heterocycles. The van der Waals surface area contributed by atoms with Gasteiger partial charge < -0.3 is 9.88 Å². The lowest BCUT2D eigenvalue weighted by atomic mass is 10.2. The first-order valence-corrected chi connectivity index (χ1v) is 9.39. The number of hydrogen-bond donors (Lipinski definition) is 1. The van der Waals surface area contributed by atoms with Crippen molar-refractivity contribution < 1.29 is 4.79 Å². The van der Waals surface area contributed by atoms with Gasteiger partial charge in [-0.15, -0.1) is 5.10 Å². The monoisotopic (exact) mass is 407 g/mol. The van der Waals surface area contributed by atoms with E-state index in [0.717, 1.165) is 11.1 Å². The maximum atomic E-state index is 12.6. The summed E-state index contributed by atoms with van der Waals surface area (Å²) in [6.07, 6.45) is 0. The van der Waals surface area contributed by atoms with E-state index in [1.165, 1.54) is 10.6 Å². The number of fused-ring (bicyclic) bond motifs is 1. The molecular weight excluding hydrogens is 390 g/mol. The number of nitrogens with one attached hydrogen (secondary N) is 1.